The summed E-state index contributed by atoms with van der Waals surface area (Å²) in [5, 5.41) is 3.47. The number of rotatable bonds is 5. The highest BCUT2D eigenvalue weighted by Gasteiger charge is 2.36. The van der Waals surface area contributed by atoms with Crippen molar-refractivity contribution in [1.82, 2.24) is 5.32 Å². The molecule has 0 bridgehead atoms. The van der Waals surface area contributed by atoms with Crippen LogP contribution in [0, 0.1) is 0 Å². The molecule has 0 radical (unpaired) electrons. The summed E-state index contributed by atoms with van der Waals surface area (Å²) in [6.45, 7) is 0.622. The van der Waals surface area contributed by atoms with Crippen LogP contribution in [0.4, 0.5) is 0 Å². The third-order valence-electron chi connectivity index (χ3n) is 4.34. The van der Waals surface area contributed by atoms with Crippen LogP contribution >= 0.6 is 0 Å². The van der Waals surface area contributed by atoms with E-state index in [1.165, 1.54) is 30.4 Å². The van der Waals surface area contributed by atoms with Crippen molar-refractivity contribution in [2.75, 3.05) is 7.05 Å². The second-order valence-corrected chi connectivity index (χ2v) is 5.48. The van der Waals surface area contributed by atoms with Crippen LogP contribution in [0.15, 0.2) is 54.6 Å². The molecule has 2 heteroatoms. The van der Waals surface area contributed by atoms with E-state index < -0.39 is 0 Å². The zero-order chi connectivity index (χ0) is 13.8. The van der Waals surface area contributed by atoms with E-state index in [4.69, 9.17) is 4.74 Å². The first-order valence-corrected chi connectivity index (χ1v) is 7.29. The van der Waals surface area contributed by atoms with Gasteiger partial charge in [-0.3, -0.25) is 0 Å². The van der Waals surface area contributed by atoms with Crippen LogP contribution in [0.3, 0.4) is 0 Å². The van der Waals surface area contributed by atoms with Crippen molar-refractivity contribution >= 4 is 0 Å². The Hall–Kier alpha value is -1.80. The van der Waals surface area contributed by atoms with Crippen molar-refractivity contribution in [2.45, 2.75) is 31.4 Å². The van der Waals surface area contributed by atoms with Crippen LogP contribution in [0.2, 0.25) is 0 Å². The van der Waals surface area contributed by atoms with Gasteiger partial charge in [0.2, 0.25) is 0 Å². The molecule has 0 spiro atoms. The van der Waals surface area contributed by atoms with Gasteiger partial charge in [0.1, 0.15) is 12.4 Å². The molecular weight excluding hydrogens is 246 g/mol. The number of hydrogen-bond donors (Lipinski definition) is 1. The molecule has 1 N–H and O–H groups in total. The van der Waals surface area contributed by atoms with Gasteiger partial charge in [-0.25, -0.2) is 0 Å². The molecule has 2 nitrogen and oxygen atoms in total. The standard InChI is InChI=1S/C18H21NO/c1-19-18(12-5-13-18)16-8-10-17(11-9-16)20-14-15-6-3-2-4-7-15/h2-4,6-11,19H,5,12-14H2,1H3. The minimum Gasteiger partial charge on any atom is -0.489 e. The SMILES string of the molecule is CNC1(c2ccc(OCc3ccccc3)cc2)CCC1. The van der Waals surface area contributed by atoms with Gasteiger partial charge in [-0.2, -0.15) is 0 Å². The highest BCUT2D eigenvalue weighted by atomic mass is 16.5. The summed E-state index contributed by atoms with van der Waals surface area (Å²) in [6, 6.07) is 18.8. The van der Waals surface area contributed by atoms with E-state index in [-0.39, 0.29) is 5.54 Å². The molecule has 3 rings (SSSR count). The predicted octanol–water partition coefficient (Wildman–Crippen LogP) is 3.86. The quantitative estimate of drug-likeness (QED) is 0.888. The Morgan fingerprint density at radius 1 is 1.00 bits per heavy atom. The molecule has 1 aliphatic rings. The molecule has 2 aromatic rings. The lowest BCUT2D eigenvalue weighted by Gasteiger charge is -2.42. The van der Waals surface area contributed by atoms with E-state index in [0.29, 0.717) is 6.61 Å². The zero-order valence-corrected chi connectivity index (χ0v) is 11.9. The van der Waals surface area contributed by atoms with Gasteiger partial charge in [-0.15, -0.1) is 0 Å². The molecule has 20 heavy (non-hydrogen) atoms. The average Bonchev–Trinajstić information content (AvgIpc) is 2.47. The number of ether oxygens (including phenoxy) is 1. The molecule has 104 valence electrons. The fourth-order valence-electron chi connectivity index (χ4n) is 2.82. The third kappa shape index (κ3) is 2.56. The first-order chi connectivity index (χ1) is 9.82. The van der Waals surface area contributed by atoms with E-state index >= 15 is 0 Å². The molecule has 0 atom stereocenters. The number of hydrogen-bond acceptors (Lipinski definition) is 2. The maximum absolute atomic E-state index is 5.82. The summed E-state index contributed by atoms with van der Waals surface area (Å²) < 4.78 is 5.82. The van der Waals surface area contributed by atoms with E-state index in [0.717, 1.165) is 5.75 Å². The molecule has 2 aromatic carbocycles. The summed E-state index contributed by atoms with van der Waals surface area (Å²) in [5.41, 5.74) is 2.78. The predicted molar refractivity (Wildman–Crippen MR) is 81.8 cm³/mol. The van der Waals surface area contributed by atoms with E-state index in [1.807, 2.05) is 18.2 Å². The maximum atomic E-state index is 5.82. The van der Waals surface area contributed by atoms with Gasteiger partial charge < -0.3 is 10.1 Å². The Labute approximate surface area is 120 Å². The van der Waals surface area contributed by atoms with Gasteiger partial charge in [0, 0.05) is 5.54 Å². The molecule has 0 amide bonds. The van der Waals surface area contributed by atoms with Gasteiger partial charge >= 0.3 is 0 Å². The number of nitrogens with one attached hydrogen (secondary N) is 1. The van der Waals surface area contributed by atoms with Gasteiger partial charge in [0.05, 0.1) is 0 Å². The molecule has 0 aromatic heterocycles. The summed E-state index contributed by atoms with van der Waals surface area (Å²) in [5.74, 6) is 0.933. The van der Waals surface area contributed by atoms with Gasteiger partial charge in [0.15, 0.2) is 0 Å². The lowest BCUT2D eigenvalue weighted by atomic mass is 9.72. The largest absolute Gasteiger partial charge is 0.489 e. The molecule has 1 aliphatic carbocycles. The van der Waals surface area contributed by atoms with Crippen LogP contribution in [-0.2, 0) is 12.1 Å². The van der Waals surface area contributed by atoms with Crippen LogP contribution in [0.1, 0.15) is 30.4 Å². The van der Waals surface area contributed by atoms with Crippen LogP contribution < -0.4 is 10.1 Å². The molecule has 0 saturated heterocycles. The smallest absolute Gasteiger partial charge is 0.119 e. The molecule has 0 unspecified atom stereocenters. The zero-order valence-electron chi connectivity index (χ0n) is 11.9. The van der Waals surface area contributed by atoms with Crippen molar-refractivity contribution < 1.29 is 4.74 Å². The fraction of sp³-hybridized carbons (Fsp3) is 0.333. The normalized spacial score (nSPS) is 16.4. The molecule has 0 heterocycles. The van der Waals surface area contributed by atoms with Crippen molar-refractivity contribution in [3.63, 3.8) is 0 Å². The summed E-state index contributed by atoms with van der Waals surface area (Å²) in [4.78, 5) is 0. The first-order valence-electron chi connectivity index (χ1n) is 7.29. The van der Waals surface area contributed by atoms with Crippen LogP contribution in [0.25, 0.3) is 0 Å². The number of benzene rings is 2. The van der Waals surface area contributed by atoms with Crippen molar-refractivity contribution in [3.05, 3.63) is 65.7 Å². The Kier molecular flexibility index (Phi) is 3.75. The average molecular weight is 267 g/mol. The highest BCUT2D eigenvalue weighted by Crippen LogP contribution is 2.41. The summed E-state index contributed by atoms with van der Waals surface area (Å²) in [7, 11) is 2.05. The monoisotopic (exact) mass is 267 g/mol. The van der Waals surface area contributed by atoms with Crippen molar-refractivity contribution in [1.29, 1.82) is 0 Å². The van der Waals surface area contributed by atoms with Crippen molar-refractivity contribution in [3.8, 4) is 5.75 Å². The summed E-state index contributed by atoms with van der Waals surface area (Å²) >= 11 is 0. The Bertz CT molecular complexity index is 538. The lowest BCUT2D eigenvalue weighted by Crippen LogP contribution is -2.45. The van der Waals surface area contributed by atoms with E-state index in [1.54, 1.807) is 0 Å². The lowest BCUT2D eigenvalue weighted by molar-refractivity contribution is 0.201. The van der Waals surface area contributed by atoms with E-state index in [9.17, 15) is 0 Å². The molecule has 0 aliphatic heterocycles. The molecule has 1 saturated carbocycles. The third-order valence-corrected chi connectivity index (χ3v) is 4.34. The maximum Gasteiger partial charge on any atom is 0.119 e. The van der Waals surface area contributed by atoms with Gasteiger partial charge in [-0.05, 0) is 49.6 Å². The highest BCUT2D eigenvalue weighted by molar-refractivity contribution is 5.33. The Morgan fingerprint density at radius 2 is 1.70 bits per heavy atom. The summed E-state index contributed by atoms with van der Waals surface area (Å²) in [6.07, 6.45) is 3.77. The van der Waals surface area contributed by atoms with E-state index in [2.05, 4.69) is 48.8 Å². The van der Waals surface area contributed by atoms with Gasteiger partial charge in [-0.1, -0.05) is 42.5 Å². The second-order valence-electron chi connectivity index (χ2n) is 5.48. The Morgan fingerprint density at radius 3 is 2.25 bits per heavy atom. The molecule has 1 fully saturated rings. The second kappa shape index (κ2) is 5.68. The minimum absolute atomic E-state index is 0.206. The first kappa shape index (κ1) is 13.2. The van der Waals surface area contributed by atoms with Crippen LogP contribution in [-0.4, -0.2) is 7.05 Å². The fourth-order valence-corrected chi connectivity index (χ4v) is 2.82. The van der Waals surface area contributed by atoms with Gasteiger partial charge in [0.25, 0.3) is 0 Å². The van der Waals surface area contributed by atoms with Crippen LogP contribution in [0.5, 0.6) is 5.75 Å². The minimum atomic E-state index is 0.206. The van der Waals surface area contributed by atoms with Crippen molar-refractivity contribution in [2.24, 2.45) is 0 Å². The Balaban J connectivity index is 1.64. The topological polar surface area (TPSA) is 21.3 Å². The molecular formula is C18H21NO.